The third-order valence-electron chi connectivity index (χ3n) is 3.30. The second-order valence-corrected chi connectivity index (χ2v) is 5.71. The number of carbonyl (C=O) groups is 1. The SMILES string of the molecule is CCCOc1cccc(C2C(=N)NC(=O)N2CC(C)C)c1. The summed E-state index contributed by atoms with van der Waals surface area (Å²) in [4.78, 5) is 13.7. The van der Waals surface area contributed by atoms with Gasteiger partial charge in [0, 0.05) is 6.54 Å². The number of amidine groups is 1. The van der Waals surface area contributed by atoms with E-state index in [1.165, 1.54) is 0 Å². The number of nitrogens with zero attached hydrogens (tertiary/aromatic N) is 1. The molecule has 1 fully saturated rings. The van der Waals surface area contributed by atoms with E-state index < -0.39 is 0 Å². The number of benzene rings is 1. The Morgan fingerprint density at radius 1 is 1.43 bits per heavy atom. The summed E-state index contributed by atoms with van der Waals surface area (Å²) in [5, 5.41) is 10.7. The van der Waals surface area contributed by atoms with E-state index >= 15 is 0 Å². The zero-order chi connectivity index (χ0) is 15.4. The molecular weight excluding hydrogens is 266 g/mol. The van der Waals surface area contributed by atoms with Gasteiger partial charge in [0.2, 0.25) is 0 Å². The molecule has 1 saturated heterocycles. The van der Waals surface area contributed by atoms with E-state index in [2.05, 4.69) is 26.1 Å². The molecule has 0 bridgehead atoms. The maximum atomic E-state index is 12.0. The molecule has 2 rings (SSSR count). The lowest BCUT2D eigenvalue weighted by molar-refractivity contribution is 0.198. The van der Waals surface area contributed by atoms with Crippen molar-refractivity contribution in [2.24, 2.45) is 5.92 Å². The third kappa shape index (κ3) is 3.54. The number of nitrogens with one attached hydrogen (secondary N) is 2. The minimum atomic E-state index is -0.343. The van der Waals surface area contributed by atoms with Crippen molar-refractivity contribution >= 4 is 11.9 Å². The quantitative estimate of drug-likeness (QED) is 0.844. The first-order valence-electron chi connectivity index (χ1n) is 7.41. The molecule has 0 spiro atoms. The Labute approximate surface area is 125 Å². The van der Waals surface area contributed by atoms with Gasteiger partial charge in [-0.05, 0) is 30.0 Å². The predicted molar refractivity (Wildman–Crippen MR) is 82.8 cm³/mol. The normalized spacial score (nSPS) is 18.3. The van der Waals surface area contributed by atoms with Gasteiger partial charge in [0.15, 0.2) is 0 Å². The van der Waals surface area contributed by atoms with Crippen molar-refractivity contribution in [2.75, 3.05) is 13.2 Å². The molecular formula is C16H23N3O2. The average Bonchev–Trinajstić information content (AvgIpc) is 2.70. The highest BCUT2D eigenvalue weighted by Crippen LogP contribution is 2.29. The number of hydrogen-bond donors (Lipinski definition) is 2. The van der Waals surface area contributed by atoms with Gasteiger partial charge in [-0.25, -0.2) is 4.79 Å². The van der Waals surface area contributed by atoms with Gasteiger partial charge in [0.05, 0.1) is 6.61 Å². The third-order valence-corrected chi connectivity index (χ3v) is 3.30. The molecule has 1 heterocycles. The van der Waals surface area contributed by atoms with Gasteiger partial charge in [-0.1, -0.05) is 32.9 Å². The Morgan fingerprint density at radius 3 is 2.86 bits per heavy atom. The molecule has 1 unspecified atom stereocenters. The Balaban J connectivity index is 2.25. The molecule has 1 aliphatic rings. The largest absolute Gasteiger partial charge is 0.494 e. The topological polar surface area (TPSA) is 65.4 Å². The first kappa shape index (κ1) is 15.4. The molecule has 5 heteroatoms. The first-order chi connectivity index (χ1) is 10.0. The lowest BCUT2D eigenvalue weighted by Crippen LogP contribution is -2.33. The van der Waals surface area contributed by atoms with E-state index in [1.54, 1.807) is 4.90 Å². The Bertz CT molecular complexity index is 528. The van der Waals surface area contributed by atoms with Crippen LogP contribution in [0.2, 0.25) is 0 Å². The van der Waals surface area contributed by atoms with Crippen LogP contribution in [0.5, 0.6) is 5.75 Å². The summed E-state index contributed by atoms with van der Waals surface area (Å²) in [5.74, 6) is 1.36. The fourth-order valence-electron chi connectivity index (χ4n) is 2.45. The van der Waals surface area contributed by atoms with Crippen LogP contribution in [0.25, 0.3) is 0 Å². The molecule has 0 saturated carbocycles. The van der Waals surface area contributed by atoms with Crippen LogP contribution in [0.15, 0.2) is 24.3 Å². The number of hydrogen-bond acceptors (Lipinski definition) is 3. The number of ether oxygens (including phenoxy) is 1. The second kappa shape index (κ2) is 6.61. The summed E-state index contributed by atoms with van der Waals surface area (Å²) in [6, 6.07) is 7.13. The lowest BCUT2D eigenvalue weighted by atomic mass is 10.0. The van der Waals surface area contributed by atoms with Gasteiger partial charge < -0.3 is 9.64 Å². The smallest absolute Gasteiger partial charge is 0.323 e. The molecule has 2 amide bonds. The molecule has 0 aliphatic carbocycles. The van der Waals surface area contributed by atoms with Crippen LogP contribution in [0.3, 0.4) is 0 Å². The lowest BCUT2D eigenvalue weighted by Gasteiger charge is -2.25. The number of amides is 2. The van der Waals surface area contributed by atoms with E-state index in [1.807, 2.05) is 24.3 Å². The molecule has 2 N–H and O–H groups in total. The number of urea groups is 1. The highest BCUT2D eigenvalue weighted by atomic mass is 16.5. The molecule has 1 aromatic carbocycles. The molecule has 0 aromatic heterocycles. The van der Waals surface area contributed by atoms with Gasteiger partial charge >= 0.3 is 6.03 Å². The van der Waals surface area contributed by atoms with Crippen LogP contribution in [-0.4, -0.2) is 29.9 Å². The minimum absolute atomic E-state index is 0.196. The summed E-state index contributed by atoms with van der Waals surface area (Å²) in [5.41, 5.74) is 0.910. The van der Waals surface area contributed by atoms with E-state index in [4.69, 9.17) is 10.1 Å². The number of rotatable bonds is 6. The molecule has 5 nitrogen and oxygen atoms in total. The summed E-state index contributed by atoms with van der Waals surface area (Å²) in [6.07, 6.45) is 0.947. The highest BCUT2D eigenvalue weighted by molar-refractivity contribution is 6.06. The van der Waals surface area contributed by atoms with Crippen LogP contribution in [0.1, 0.15) is 38.8 Å². The molecule has 0 radical (unpaired) electrons. The summed E-state index contributed by atoms with van der Waals surface area (Å²) in [6.45, 7) is 7.47. The Hall–Kier alpha value is -2.04. The minimum Gasteiger partial charge on any atom is -0.494 e. The maximum absolute atomic E-state index is 12.0. The number of carbonyl (C=O) groups excluding carboxylic acids is 1. The Kier molecular flexibility index (Phi) is 4.83. The van der Waals surface area contributed by atoms with Crippen LogP contribution >= 0.6 is 0 Å². The van der Waals surface area contributed by atoms with Crippen LogP contribution in [0, 0.1) is 11.3 Å². The fraction of sp³-hybridized carbons (Fsp3) is 0.500. The second-order valence-electron chi connectivity index (χ2n) is 5.71. The molecule has 1 aromatic rings. The van der Waals surface area contributed by atoms with Crippen LogP contribution < -0.4 is 10.1 Å². The van der Waals surface area contributed by atoms with Gasteiger partial charge in [-0.15, -0.1) is 0 Å². The standard InChI is InChI=1S/C16H23N3O2/c1-4-8-21-13-7-5-6-12(9-13)14-15(17)18-16(20)19(14)10-11(2)3/h5-7,9,11,14H,4,8,10H2,1-3H3,(H2,17,18,20). The summed E-state index contributed by atoms with van der Waals surface area (Å²) in [7, 11) is 0. The van der Waals surface area contributed by atoms with Crippen molar-refractivity contribution in [3.05, 3.63) is 29.8 Å². The van der Waals surface area contributed by atoms with E-state index in [-0.39, 0.29) is 17.9 Å². The maximum Gasteiger partial charge on any atom is 0.323 e. The Morgan fingerprint density at radius 2 is 2.19 bits per heavy atom. The summed E-state index contributed by atoms with van der Waals surface area (Å²) < 4.78 is 5.64. The highest BCUT2D eigenvalue weighted by Gasteiger charge is 2.36. The van der Waals surface area contributed by atoms with Crippen molar-refractivity contribution in [3.8, 4) is 5.75 Å². The monoisotopic (exact) mass is 289 g/mol. The summed E-state index contributed by atoms with van der Waals surface area (Å²) >= 11 is 0. The van der Waals surface area contributed by atoms with Crippen molar-refractivity contribution in [2.45, 2.75) is 33.2 Å². The molecule has 1 atom stereocenters. The predicted octanol–water partition coefficient (Wildman–Crippen LogP) is 3.17. The molecule has 21 heavy (non-hydrogen) atoms. The van der Waals surface area contributed by atoms with Crippen LogP contribution in [0.4, 0.5) is 4.79 Å². The zero-order valence-corrected chi connectivity index (χ0v) is 12.8. The van der Waals surface area contributed by atoms with Crippen molar-refractivity contribution in [1.82, 2.24) is 10.2 Å². The van der Waals surface area contributed by atoms with E-state index in [0.29, 0.717) is 19.1 Å². The molecule has 1 aliphatic heterocycles. The first-order valence-corrected chi connectivity index (χ1v) is 7.41. The average molecular weight is 289 g/mol. The van der Waals surface area contributed by atoms with Crippen molar-refractivity contribution in [3.63, 3.8) is 0 Å². The zero-order valence-electron chi connectivity index (χ0n) is 12.8. The van der Waals surface area contributed by atoms with Gasteiger partial charge in [-0.3, -0.25) is 10.7 Å². The van der Waals surface area contributed by atoms with Crippen molar-refractivity contribution in [1.29, 1.82) is 5.41 Å². The van der Waals surface area contributed by atoms with E-state index in [9.17, 15) is 4.79 Å². The fourth-order valence-corrected chi connectivity index (χ4v) is 2.45. The molecule has 114 valence electrons. The van der Waals surface area contributed by atoms with Gasteiger partial charge in [0.1, 0.15) is 17.6 Å². The van der Waals surface area contributed by atoms with Crippen LogP contribution in [-0.2, 0) is 0 Å². The van der Waals surface area contributed by atoms with Crippen molar-refractivity contribution < 1.29 is 9.53 Å². The van der Waals surface area contributed by atoms with E-state index in [0.717, 1.165) is 17.7 Å². The van der Waals surface area contributed by atoms with Gasteiger partial charge in [0.25, 0.3) is 0 Å². The van der Waals surface area contributed by atoms with Gasteiger partial charge in [-0.2, -0.15) is 0 Å².